The fraction of sp³-hybridized carbons (Fsp3) is 0.706. The zero-order valence-corrected chi connectivity index (χ0v) is 14.5. The lowest BCUT2D eigenvalue weighted by molar-refractivity contribution is -0.00474. The summed E-state index contributed by atoms with van der Waals surface area (Å²) >= 11 is 0. The zero-order chi connectivity index (χ0) is 16.2. The number of nitrogens with zero attached hydrogens (tertiary/aromatic N) is 2. The summed E-state index contributed by atoms with van der Waals surface area (Å²) in [4.78, 5) is 6.77. The van der Waals surface area contributed by atoms with Gasteiger partial charge in [-0.2, -0.15) is 0 Å². The molecule has 0 aromatic carbocycles. The van der Waals surface area contributed by atoms with E-state index in [0.29, 0.717) is 6.42 Å². The first-order valence-electron chi connectivity index (χ1n) is 7.71. The molecule has 0 bridgehead atoms. The van der Waals surface area contributed by atoms with Gasteiger partial charge in [0.25, 0.3) is 0 Å². The van der Waals surface area contributed by atoms with Crippen LogP contribution in [-0.4, -0.2) is 46.8 Å². The Morgan fingerprint density at radius 1 is 1.29 bits per heavy atom. The highest BCUT2D eigenvalue weighted by atomic mass is 16.5. The number of pyridine rings is 1. The van der Waals surface area contributed by atoms with Crippen LogP contribution in [0, 0.1) is 13.8 Å². The lowest BCUT2D eigenvalue weighted by atomic mass is 9.90. The van der Waals surface area contributed by atoms with Gasteiger partial charge in [0.05, 0.1) is 13.2 Å². The van der Waals surface area contributed by atoms with E-state index >= 15 is 0 Å². The van der Waals surface area contributed by atoms with E-state index in [9.17, 15) is 5.11 Å². The van der Waals surface area contributed by atoms with Gasteiger partial charge in [0.2, 0.25) is 0 Å². The maximum Gasteiger partial charge on any atom is 0.128 e. The summed E-state index contributed by atoms with van der Waals surface area (Å²) in [5.41, 5.74) is 2.67. The third kappa shape index (κ3) is 3.74. The van der Waals surface area contributed by atoms with Crippen molar-refractivity contribution in [2.24, 2.45) is 0 Å². The summed E-state index contributed by atoms with van der Waals surface area (Å²) < 4.78 is 5.44. The van der Waals surface area contributed by atoms with Crippen LogP contribution in [0.2, 0.25) is 0 Å². The van der Waals surface area contributed by atoms with Crippen LogP contribution in [0.15, 0.2) is 6.20 Å². The van der Waals surface area contributed by atoms with Crippen LogP contribution in [0.5, 0.6) is 5.75 Å². The standard InChI is InChI=1S/C17H30N2O2/c1-8-19(9-2)17(5,6)15(20)10-14-13(4)16(21-7)12(3)11-18-14/h11,15,20H,8-10H2,1-7H3. The predicted molar refractivity (Wildman–Crippen MR) is 87.0 cm³/mol. The maximum absolute atomic E-state index is 10.7. The monoisotopic (exact) mass is 294 g/mol. The fourth-order valence-electron chi connectivity index (χ4n) is 2.96. The third-order valence-electron chi connectivity index (χ3n) is 4.53. The largest absolute Gasteiger partial charge is 0.496 e. The van der Waals surface area contributed by atoms with Gasteiger partial charge in [-0.15, -0.1) is 0 Å². The summed E-state index contributed by atoms with van der Waals surface area (Å²) in [7, 11) is 1.68. The summed E-state index contributed by atoms with van der Waals surface area (Å²) in [5.74, 6) is 0.868. The van der Waals surface area contributed by atoms with Gasteiger partial charge in [-0.1, -0.05) is 13.8 Å². The van der Waals surface area contributed by atoms with Crippen molar-refractivity contribution in [3.05, 3.63) is 23.0 Å². The van der Waals surface area contributed by atoms with Crippen LogP contribution in [0.3, 0.4) is 0 Å². The van der Waals surface area contributed by atoms with Gasteiger partial charge >= 0.3 is 0 Å². The molecule has 0 spiro atoms. The van der Waals surface area contributed by atoms with E-state index in [1.54, 1.807) is 7.11 Å². The molecule has 1 heterocycles. The number of hydrogen-bond acceptors (Lipinski definition) is 4. The summed E-state index contributed by atoms with van der Waals surface area (Å²) in [5, 5.41) is 10.7. The highest BCUT2D eigenvalue weighted by Gasteiger charge is 2.33. The van der Waals surface area contributed by atoms with Crippen molar-refractivity contribution in [3.8, 4) is 5.75 Å². The number of likely N-dealkylation sites (N-methyl/N-ethyl adjacent to an activating group) is 1. The molecule has 0 fully saturated rings. The zero-order valence-electron chi connectivity index (χ0n) is 14.5. The number of hydrogen-bond donors (Lipinski definition) is 1. The number of rotatable bonds is 7. The number of aliphatic hydroxyl groups is 1. The highest BCUT2D eigenvalue weighted by Crippen LogP contribution is 2.27. The Morgan fingerprint density at radius 3 is 2.33 bits per heavy atom. The van der Waals surface area contributed by atoms with Gasteiger partial charge in [-0.25, -0.2) is 0 Å². The fourth-order valence-corrected chi connectivity index (χ4v) is 2.96. The normalized spacial score (nSPS) is 13.6. The van der Waals surface area contributed by atoms with Crippen molar-refractivity contribution < 1.29 is 9.84 Å². The topological polar surface area (TPSA) is 45.6 Å². The predicted octanol–water partition coefficient (Wildman–Crippen LogP) is 2.73. The maximum atomic E-state index is 10.7. The van der Waals surface area contributed by atoms with Crippen molar-refractivity contribution in [1.82, 2.24) is 9.88 Å². The molecule has 1 rings (SSSR count). The molecule has 0 aliphatic rings. The van der Waals surface area contributed by atoms with E-state index in [0.717, 1.165) is 35.7 Å². The quantitative estimate of drug-likeness (QED) is 0.840. The molecule has 0 aliphatic carbocycles. The Morgan fingerprint density at radius 2 is 1.86 bits per heavy atom. The number of aromatic nitrogens is 1. The second kappa shape index (κ2) is 7.23. The van der Waals surface area contributed by atoms with Crippen LogP contribution >= 0.6 is 0 Å². The number of aliphatic hydroxyl groups excluding tert-OH is 1. The third-order valence-corrected chi connectivity index (χ3v) is 4.53. The van der Waals surface area contributed by atoms with Gasteiger partial charge in [0.1, 0.15) is 5.75 Å². The molecule has 1 N–H and O–H groups in total. The molecular weight excluding hydrogens is 264 g/mol. The lowest BCUT2D eigenvalue weighted by Gasteiger charge is -2.41. The molecule has 0 aliphatic heterocycles. The minimum atomic E-state index is -0.476. The highest BCUT2D eigenvalue weighted by molar-refractivity contribution is 5.41. The first kappa shape index (κ1) is 17.9. The van der Waals surface area contributed by atoms with Gasteiger partial charge in [0.15, 0.2) is 0 Å². The molecule has 0 radical (unpaired) electrons. The van der Waals surface area contributed by atoms with Gasteiger partial charge in [-0.05, 0) is 40.8 Å². The molecule has 1 aromatic rings. The molecule has 1 unspecified atom stereocenters. The van der Waals surface area contributed by atoms with Crippen molar-refractivity contribution in [2.45, 2.75) is 59.6 Å². The van der Waals surface area contributed by atoms with E-state index in [1.165, 1.54) is 0 Å². The number of aryl methyl sites for hydroxylation is 1. The molecule has 21 heavy (non-hydrogen) atoms. The van der Waals surface area contributed by atoms with Crippen molar-refractivity contribution in [1.29, 1.82) is 0 Å². The SMILES string of the molecule is CCN(CC)C(C)(C)C(O)Cc1ncc(C)c(OC)c1C. The Balaban J connectivity index is 3.00. The van der Waals surface area contributed by atoms with Gasteiger partial charge in [0, 0.05) is 35.0 Å². The number of ether oxygens (including phenoxy) is 1. The van der Waals surface area contributed by atoms with Crippen LogP contribution in [0.4, 0.5) is 0 Å². The van der Waals surface area contributed by atoms with E-state index in [4.69, 9.17) is 4.74 Å². The molecule has 4 heteroatoms. The Hall–Kier alpha value is -1.13. The average molecular weight is 294 g/mol. The molecule has 0 saturated carbocycles. The van der Waals surface area contributed by atoms with Crippen molar-refractivity contribution in [3.63, 3.8) is 0 Å². The van der Waals surface area contributed by atoms with Crippen LogP contribution in [0.25, 0.3) is 0 Å². The lowest BCUT2D eigenvalue weighted by Crippen LogP contribution is -2.53. The van der Waals surface area contributed by atoms with Gasteiger partial charge < -0.3 is 9.84 Å². The first-order valence-corrected chi connectivity index (χ1v) is 7.71. The van der Waals surface area contributed by atoms with E-state index < -0.39 is 6.10 Å². The second-order valence-electron chi connectivity index (χ2n) is 6.09. The van der Waals surface area contributed by atoms with Crippen LogP contribution < -0.4 is 4.74 Å². The number of methoxy groups -OCH3 is 1. The Labute approximate surface area is 129 Å². The van der Waals surface area contributed by atoms with Crippen LogP contribution in [0.1, 0.15) is 44.5 Å². The molecule has 4 nitrogen and oxygen atoms in total. The molecule has 120 valence electrons. The van der Waals surface area contributed by atoms with Crippen molar-refractivity contribution in [2.75, 3.05) is 20.2 Å². The van der Waals surface area contributed by atoms with Gasteiger partial charge in [-0.3, -0.25) is 9.88 Å². The molecule has 1 aromatic heterocycles. The first-order chi connectivity index (χ1) is 9.79. The van der Waals surface area contributed by atoms with E-state index in [2.05, 4.69) is 37.6 Å². The molecular formula is C17H30N2O2. The van der Waals surface area contributed by atoms with Crippen LogP contribution in [-0.2, 0) is 6.42 Å². The molecule has 1 atom stereocenters. The smallest absolute Gasteiger partial charge is 0.128 e. The minimum Gasteiger partial charge on any atom is -0.496 e. The van der Waals surface area contributed by atoms with E-state index in [-0.39, 0.29) is 5.54 Å². The molecule has 0 saturated heterocycles. The average Bonchev–Trinajstić information content (AvgIpc) is 2.43. The minimum absolute atomic E-state index is 0.282. The van der Waals surface area contributed by atoms with E-state index in [1.807, 2.05) is 20.0 Å². The summed E-state index contributed by atoms with van der Waals surface area (Å²) in [6.45, 7) is 14.3. The second-order valence-corrected chi connectivity index (χ2v) is 6.09. The summed E-state index contributed by atoms with van der Waals surface area (Å²) in [6, 6.07) is 0. The Bertz CT molecular complexity index is 468. The Kier molecular flexibility index (Phi) is 6.17. The summed E-state index contributed by atoms with van der Waals surface area (Å²) in [6.07, 6.45) is 1.88. The van der Waals surface area contributed by atoms with Crippen molar-refractivity contribution >= 4 is 0 Å². The molecule has 0 amide bonds.